The number of nitrogens with one attached hydrogen (secondary N) is 3. The minimum atomic E-state index is -1.63. The zero-order valence-corrected chi connectivity index (χ0v) is 20.8. The Morgan fingerprint density at radius 1 is 0.939 bits per heavy atom. The average molecular weight is 575 g/mol. The number of carbonyl (C=O) groups excluding carboxylic acids is 1. The molecule has 1 heterocycles. The molecule has 1 amide bonds. The number of hydrogen-bond acceptors (Lipinski definition) is 3. The molecule has 1 saturated heterocycles. The minimum absolute atomic E-state index is 0. The predicted molar refractivity (Wildman–Crippen MR) is 134 cm³/mol. The topological polar surface area (TPSA) is 68.8 Å². The van der Waals surface area contributed by atoms with Gasteiger partial charge in [-0.15, -0.1) is 24.0 Å². The Balaban J connectivity index is 0.00000385. The van der Waals surface area contributed by atoms with Gasteiger partial charge in [0.1, 0.15) is 0 Å². The molecule has 1 aliphatic rings. The van der Waals surface area contributed by atoms with E-state index in [-0.39, 0.29) is 30.5 Å². The largest absolute Gasteiger partial charge is 0.352 e. The third-order valence-corrected chi connectivity index (χ3v) is 5.29. The smallest absolute Gasteiger partial charge is 0.243 e. The fourth-order valence-electron chi connectivity index (χ4n) is 3.53. The third kappa shape index (κ3) is 8.18. The summed E-state index contributed by atoms with van der Waals surface area (Å²) in [6.45, 7) is 3.55. The predicted octanol–water partition coefficient (Wildman–Crippen LogP) is 4.01. The molecule has 0 bridgehead atoms. The molecule has 2 aromatic rings. The van der Waals surface area contributed by atoms with Crippen molar-refractivity contribution in [1.29, 1.82) is 0 Å². The van der Waals surface area contributed by atoms with Gasteiger partial charge in [0.2, 0.25) is 5.91 Å². The van der Waals surface area contributed by atoms with Crippen LogP contribution in [0, 0.1) is 17.5 Å². The number of rotatable bonds is 7. The maximum Gasteiger partial charge on any atom is 0.243 e. The number of guanidine groups is 1. The monoisotopic (exact) mass is 575 g/mol. The lowest BCUT2D eigenvalue weighted by Gasteiger charge is -2.26. The summed E-state index contributed by atoms with van der Waals surface area (Å²) in [4.78, 5) is 18.5. The first-order valence-corrected chi connectivity index (χ1v) is 10.6. The van der Waals surface area contributed by atoms with Crippen LogP contribution in [0.5, 0.6) is 0 Å². The molecule has 0 unspecified atom stereocenters. The Kier molecular flexibility index (Phi) is 10.9. The van der Waals surface area contributed by atoms with Crippen LogP contribution in [-0.4, -0.2) is 43.4 Å². The van der Waals surface area contributed by atoms with E-state index in [2.05, 4.69) is 50.1 Å². The Hall–Kier alpha value is -2.34. The fraction of sp³-hybridized carbons (Fsp3) is 0.391. The molecule has 0 spiro atoms. The van der Waals surface area contributed by atoms with E-state index in [1.54, 1.807) is 7.05 Å². The molecule has 0 saturated carbocycles. The SMILES string of the molecule is CN=C(NCC(=O)Nc1ccc(F)c(F)c1F)NCc1ccc(CN2CCCCC2)cc1.I. The van der Waals surface area contributed by atoms with Crippen molar-refractivity contribution in [3.63, 3.8) is 0 Å². The van der Waals surface area contributed by atoms with Crippen molar-refractivity contribution in [1.82, 2.24) is 15.5 Å². The van der Waals surface area contributed by atoms with Gasteiger partial charge in [-0.2, -0.15) is 0 Å². The first-order valence-electron chi connectivity index (χ1n) is 10.6. The summed E-state index contributed by atoms with van der Waals surface area (Å²) in [6.07, 6.45) is 3.85. The first kappa shape index (κ1) is 26.9. The highest BCUT2D eigenvalue weighted by Crippen LogP contribution is 2.19. The van der Waals surface area contributed by atoms with Gasteiger partial charge in [-0.3, -0.25) is 14.7 Å². The number of anilines is 1. The van der Waals surface area contributed by atoms with Crippen molar-refractivity contribution in [3.05, 3.63) is 65.0 Å². The third-order valence-electron chi connectivity index (χ3n) is 5.29. The second-order valence-electron chi connectivity index (χ2n) is 7.70. The number of carbonyl (C=O) groups is 1. The minimum Gasteiger partial charge on any atom is -0.352 e. The zero-order chi connectivity index (χ0) is 22.9. The highest BCUT2D eigenvalue weighted by atomic mass is 127. The molecule has 0 radical (unpaired) electrons. The van der Waals surface area contributed by atoms with Gasteiger partial charge in [0.25, 0.3) is 0 Å². The number of piperidine rings is 1. The van der Waals surface area contributed by atoms with Crippen molar-refractivity contribution < 1.29 is 18.0 Å². The second-order valence-corrected chi connectivity index (χ2v) is 7.70. The summed E-state index contributed by atoms with van der Waals surface area (Å²) in [5, 5.41) is 8.10. The van der Waals surface area contributed by atoms with Gasteiger partial charge in [0.15, 0.2) is 23.4 Å². The van der Waals surface area contributed by atoms with Gasteiger partial charge in [-0.1, -0.05) is 30.7 Å². The van der Waals surface area contributed by atoms with Gasteiger partial charge in [0.05, 0.1) is 12.2 Å². The van der Waals surface area contributed by atoms with E-state index in [1.165, 1.54) is 24.8 Å². The van der Waals surface area contributed by atoms with Gasteiger partial charge in [0, 0.05) is 20.1 Å². The van der Waals surface area contributed by atoms with E-state index >= 15 is 0 Å². The molecule has 6 nitrogen and oxygen atoms in total. The molecule has 3 N–H and O–H groups in total. The fourth-order valence-corrected chi connectivity index (χ4v) is 3.53. The molecule has 0 aromatic heterocycles. The number of aliphatic imine (C=N–C) groups is 1. The first-order chi connectivity index (χ1) is 15.5. The zero-order valence-electron chi connectivity index (χ0n) is 18.5. The molecule has 180 valence electrons. The number of likely N-dealkylation sites (tertiary alicyclic amines) is 1. The van der Waals surface area contributed by atoms with E-state index in [4.69, 9.17) is 0 Å². The molecule has 0 atom stereocenters. The molecule has 10 heteroatoms. The van der Waals surface area contributed by atoms with Crippen molar-refractivity contribution in [2.45, 2.75) is 32.4 Å². The number of amides is 1. The van der Waals surface area contributed by atoms with Crippen LogP contribution in [0.2, 0.25) is 0 Å². The molecule has 1 aliphatic heterocycles. The second kappa shape index (κ2) is 13.4. The van der Waals surface area contributed by atoms with E-state index < -0.39 is 29.0 Å². The van der Waals surface area contributed by atoms with Crippen molar-refractivity contribution in [2.75, 3.05) is 32.0 Å². The highest BCUT2D eigenvalue weighted by Gasteiger charge is 2.15. The maximum absolute atomic E-state index is 13.7. The van der Waals surface area contributed by atoms with Gasteiger partial charge >= 0.3 is 0 Å². The highest BCUT2D eigenvalue weighted by molar-refractivity contribution is 14.0. The number of benzene rings is 2. The van der Waals surface area contributed by atoms with E-state index in [0.29, 0.717) is 12.5 Å². The summed E-state index contributed by atoms with van der Waals surface area (Å²) in [6, 6.07) is 10.1. The maximum atomic E-state index is 13.7. The quantitative estimate of drug-likeness (QED) is 0.202. The summed E-state index contributed by atoms with van der Waals surface area (Å²) >= 11 is 0. The Bertz CT molecular complexity index is 950. The van der Waals surface area contributed by atoms with E-state index in [9.17, 15) is 18.0 Å². The van der Waals surface area contributed by atoms with Crippen molar-refractivity contribution in [3.8, 4) is 0 Å². The normalized spacial score (nSPS) is 14.4. The standard InChI is InChI=1S/C23H28F3N5O.HI/c1-27-23(29-14-20(32)30-19-10-9-18(24)21(25)22(19)26)28-13-16-5-7-17(8-6-16)15-31-11-3-2-4-12-31;/h5-10H,2-4,11-15H2,1H3,(H,30,32)(H2,27,28,29);1H. The van der Waals surface area contributed by atoms with E-state index in [0.717, 1.165) is 37.3 Å². The summed E-state index contributed by atoms with van der Waals surface area (Å²) in [5.74, 6) is -4.63. The van der Waals surface area contributed by atoms with Crippen LogP contribution in [0.25, 0.3) is 0 Å². The Morgan fingerprint density at radius 2 is 1.61 bits per heavy atom. The molecule has 2 aromatic carbocycles. The van der Waals surface area contributed by atoms with Gasteiger partial charge < -0.3 is 16.0 Å². The van der Waals surface area contributed by atoms with E-state index in [1.807, 2.05) is 0 Å². The molecule has 33 heavy (non-hydrogen) atoms. The number of hydrogen-bond donors (Lipinski definition) is 3. The van der Waals surface area contributed by atoms with Gasteiger partial charge in [-0.05, 0) is 49.2 Å². The Labute approximate surface area is 209 Å². The average Bonchev–Trinajstić information content (AvgIpc) is 2.81. The van der Waals surface area contributed by atoms with Crippen LogP contribution in [0.3, 0.4) is 0 Å². The lowest BCUT2D eigenvalue weighted by molar-refractivity contribution is -0.115. The molecule has 0 aliphatic carbocycles. The van der Waals surface area contributed by atoms with Crippen LogP contribution in [-0.2, 0) is 17.9 Å². The molecular formula is C23H29F3IN5O. The van der Waals surface area contributed by atoms with Crippen LogP contribution in [0.1, 0.15) is 30.4 Å². The summed E-state index contributed by atoms with van der Waals surface area (Å²) in [7, 11) is 1.56. The lowest BCUT2D eigenvalue weighted by Crippen LogP contribution is -2.41. The van der Waals surface area contributed by atoms with Crippen LogP contribution in [0.4, 0.5) is 18.9 Å². The number of nitrogens with zero attached hydrogens (tertiary/aromatic N) is 2. The van der Waals surface area contributed by atoms with Crippen LogP contribution in [0.15, 0.2) is 41.4 Å². The van der Waals surface area contributed by atoms with Crippen LogP contribution < -0.4 is 16.0 Å². The summed E-state index contributed by atoms with van der Waals surface area (Å²) in [5.41, 5.74) is 1.91. The molecule has 3 rings (SSSR count). The summed E-state index contributed by atoms with van der Waals surface area (Å²) < 4.78 is 39.9. The molecule has 1 fully saturated rings. The van der Waals surface area contributed by atoms with Crippen LogP contribution >= 0.6 is 24.0 Å². The molecular weight excluding hydrogens is 546 g/mol. The van der Waals surface area contributed by atoms with Crippen molar-refractivity contribution >= 4 is 41.5 Å². The van der Waals surface area contributed by atoms with Crippen molar-refractivity contribution in [2.24, 2.45) is 4.99 Å². The lowest BCUT2D eigenvalue weighted by atomic mass is 10.1. The van der Waals surface area contributed by atoms with Gasteiger partial charge in [-0.25, -0.2) is 13.2 Å². The number of halogens is 4. The Morgan fingerprint density at radius 3 is 2.27 bits per heavy atom.